The van der Waals surface area contributed by atoms with Crippen LogP contribution >= 0.6 is 11.3 Å². The van der Waals surface area contributed by atoms with Crippen LogP contribution < -0.4 is 0 Å². The molecule has 0 aliphatic carbocycles. The predicted octanol–water partition coefficient (Wildman–Crippen LogP) is 1.85. The third-order valence-corrected chi connectivity index (χ3v) is 1.66. The van der Waals surface area contributed by atoms with Gasteiger partial charge in [-0.05, 0) is 28.5 Å². The Bertz CT molecular complexity index is 236. The van der Waals surface area contributed by atoms with E-state index in [1.54, 1.807) is 17.4 Å². The van der Waals surface area contributed by atoms with Crippen molar-refractivity contribution in [1.29, 1.82) is 0 Å². The summed E-state index contributed by atoms with van der Waals surface area (Å²) in [6, 6.07) is 1.87. The molecule has 1 aromatic rings. The second kappa shape index (κ2) is 3.17. The van der Waals surface area contributed by atoms with E-state index in [9.17, 15) is 4.79 Å². The second-order valence-electron chi connectivity index (χ2n) is 1.73. The smallest absolute Gasteiger partial charge is 0.328 e. The number of carbonyl (C=O) groups is 1. The van der Waals surface area contributed by atoms with Gasteiger partial charge in [-0.25, -0.2) is 4.79 Å². The van der Waals surface area contributed by atoms with Crippen LogP contribution in [0.5, 0.6) is 0 Å². The highest BCUT2D eigenvalue weighted by atomic mass is 32.1. The molecule has 0 fully saturated rings. The third-order valence-electron chi connectivity index (χ3n) is 0.962. The molecule has 0 saturated heterocycles. The highest BCUT2D eigenvalue weighted by molar-refractivity contribution is 7.08. The molecule has 0 aliphatic heterocycles. The Kier molecular flexibility index (Phi) is 2.23. The standard InChI is InChI=1S/C7H6O2S/c8-7(9)2-1-6-3-4-10-5-6/h1-5H,(H,8,9)/b2-1-. The van der Waals surface area contributed by atoms with E-state index in [0.717, 1.165) is 11.6 Å². The van der Waals surface area contributed by atoms with Crippen molar-refractivity contribution in [3.8, 4) is 0 Å². The number of carboxylic acid groups (broad SMARTS) is 1. The van der Waals surface area contributed by atoms with Gasteiger partial charge in [-0.2, -0.15) is 11.3 Å². The summed E-state index contributed by atoms with van der Waals surface area (Å²) in [5, 5.41) is 12.0. The Hall–Kier alpha value is -1.09. The van der Waals surface area contributed by atoms with E-state index in [1.165, 1.54) is 0 Å². The molecule has 0 aliphatic rings. The first-order valence-corrected chi connectivity index (χ1v) is 3.66. The molecule has 1 rings (SSSR count). The van der Waals surface area contributed by atoms with Crippen LogP contribution in [0.2, 0.25) is 0 Å². The Labute approximate surface area is 62.4 Å². The van der Waals surface area contributed by atoms with Gasteiger partial charge in [-0.1, -0.05) is 0 Å². The van der Waals surface area contributed by atoms with Crippen LogP contribution in [-0.4, -0.2) is 11.1 Å². The van der Waals surface area contributed by atoms with E-state index in [2.05, 4.69) is 0 Å². The number of hydrogen-bond donors (Lipinski definition) is 1. The van der Waals surface area contributed by atoms with E-state index >= 15 is 0 Å². The van der Waals surface area contributed by atoms with Gasteiger partial charge in [0.1, 0.15) is 0 Å². The Morgan fingerprint density at radius 2 is 2.50 bits per heavy atom. The van der Waals surface area contributed by atoms with Crippen LogP contribution in [0.15, 0.2) is 22.9 Å². The minimum atomic E-state index is -0.911. The summed E-state index contributed by atoms with van der Waals surface area (Å²) in [5.41, 5.74) is 0.937. The lowest BCUT2D eigenvalue weighted by molar-refractivity contribution is -0.131. The third kappa shape index (κ3) is 2.03. The van der Waals surface area contributed by atoms with Gasteiger partial charge in [0.05, 0.1) is 0 Å². The topological polar surface area (TPSA) is 37.3 Å². The molecular weight excluding hydrogens is 148 g/mol. The molecular formula is C7H6O2S. The molecule has 0 amide bonds. The van der Waals surface area contributed by atoms with Crippen LogP contribution in [0.3, 0.4) is 0 Å². The van der Waals surface area contributed by atoms with Gasteiger partial charge in [0.2, 0.25) is 0 Å². The number of aliphatic carboxylic acids is 1. The quantitative estimate of drug-likeness (QED) is 0.660. The average molecular weight is 154 g/mol. The average Bonchev–Trinajstić information content (AvgIpc) is 2.34. The van der Waals surface area contributed by atoms with E-state index in [4.69, 9.17) is 5.11 Å². The summed E-state index contributed by atoms with van der Waals surface area (Å²) in [6.45, 7) is 0. The van der Waals surface area contributed by atoms with Crippen molar-refractivity contribution in [3.63, 3.8) is 0 Å². The molecule has 0 atom stereocenters. The largest absolute Gasteiger partial charge is 0.478 e. The number of rotatable bonds is 2. The van der Waals surface area contributed by atoms with Crippen LogP contribution in [0, 0.1) is 0 Å². The summed E-state index contributed by atoms with van der Waals surface area (Å²) in [7, 11) is 0. The van der Waals surface area contributed by atoms with Gasteiger partial charge in [0.15, 0.2) is 0 Å². The molecule has 0 radical (unpaired) electrons. The normalized spacial score (nSPS) is 10.4. The fourth-order valence-electron chi connectivity index (χ4n) is 0.537. The van der Waals surface area contributed by atoms with Crippen LogP contribution in [-0.2, 0) is 4.79 Å². The van der Waals surface area contributed by atoms with E-state index < -0.39 is 5.97 Å². The maximum Gasteiger partial charge on any atom is 0.328 e. The van der Waals surface area contributed by atoms with Gasteiger partial charge in [-0.3, -0.25) is 0 Å². The molecule has 0 saturated carbocycles. The first-order valence-electron chi connectivity index (χ1n) is 2.72. The lowest BCUT2D eigenvalue weighted by Gasteiger charge is -1.78. The van der Waals surface area contributed by atoms with Crippen LogP contribution in [0.1, 0.15) is 5.56 Å². The minimum absolute atomic E-state index is 0.911. The van der Waals surface area contributed by atoms with E-state index in [0.29, 0.717) is 0 Å². The minimum Gasteiger partial charge on any atom is -0.478 e. The first kappa shape index (κ1) is 7.02. The van der Waals surface area contributed by atoms with Crippen molar-refractivity contribution >= 4 is 23.4 Å². The summed E-state index contributed by atoms with van der Waals surface area (Å²) in [6.07, 6.45) is 2.70. The van der Waals surface area contributed by atoms with Gasteiger partial charge in [0, 0.05) is 6.08 Å². The maximum absolute atomic E-state index is 10.0. The molecule has 3 heteroatoms. The molecule has 2 nitrogen and oxygen atoms in total. The number of hydrogen-bond acceptors (Lipinski definition) is 2. The fourth-order valence-corrected chi connectivity index (χ4v) is 1.17. The monoisotopic (exact) mass is 154 g/mol. The molecule has 1 heterocycles. The second-order valence-corrected chi connectivity index (χ2v) is 2.51. The van der Waals surface area contributed by atoms with Gasteiger partial charge < -0.3 is 5.11 Å². The molecule has 0 unspecified atom stereocenters. The van der Waals surface area contributed by atoms with Crippen molar-refractivity contribution in [2.75, 3.05) is 0 Å². The molecule has 0 spiro atoms. The Balaban J connectivity index is 2.64. The molecule has 0 aromatic carbocycles. The van der Waals surface area contributed by atoms with Crippen molar-refractivity contribution in [2.24, 2.45) is 0 Å². The zero-order valence-corrected chi connectivity index (χ0v) is 5.97. The van der Waals surface area contributed by atoms with Gasteiger partial charge in [0.25, 0.3) is 0 Å². The van der Waals surface area contributed by atoms with Crippen molar-refractivity contribution in [2.45, 2.75) is 0 Å². The summed E-state index contributed by atoms with van der Waals surface area (Å²) in [4.78, 5) is 10.0. The fraction of sp³-hybridized carbons (Fsp3) is 0. The molecule has 1 aromatic heterocycles. The van der Waals surface area contributed by atoms with Crippen LogP contribution in [0.4, 0.5) is 0 Å². The number of thiophene rings is 1. The summed E-state index contributed by atoms with van der Waals surface area (Å²) >= 11 is 1.55. The van der Waals surface area contributed by atoms with E-state index in [1.807, 2.05) is 16.8 Å². The lowest BCUT2D eigenvalue weighted by atomic mass is 10.3. The van der Waals surface area contributed by atoms with Gasteiger partial charge >= 0.3 is 5.97 Å². The lowest BCUT2D eigenvalue weighted by Crippen LogP contribution is -1.84. The zero-order valence-electron chi connectivity index (χ0n) is 5.15. The molecule has 52 valence electrons. The van der Waals surface area contributed by atoms with Crippen molar-refractivity contribution in [1.82, 2.24) is 0 Å². The van der Waals surface area contributed by atoms with Crippen molar-refractivity contribution < 1.29 is 9.90 Å². The Morgan fingerprint density at radius 1 is 1.70 bits per heavy atom. The maximum atomic E-state index is 10.0. The molecule has 0 bridgehead atoms. The molecule has 10 heavy (non-hydrogen) atoms. The summed E-state index contributed by atoms with van der Waals surface area (Å²) < 4.78 is 0. The predicted molar refractivity (Wildman–Crippen MR) is 41.0 cm³/mol. The zero-order chi connectivity index (χ0) is 7.40. The highest BCUT2D eigenvalue weighted by Crippen LogP contribution is 2.06. The van der Waals surface area contributed by atoms with Crippen LogP contribution in [0.25, 0.3) is 6.08 Å². The summed E-state index contributed by atoms with van der Waals surface area (Å²) in [5.74, 6) is -0.911. The van der Waals surface area contributed by atoms with Gasteiger partial charge in [-0.15, -0.1) is 0 Å². The SMILES string of the molecule is O=C(O)/C=C\c1ccsc1. The Morgan fingerprint density at radius 3 is 3.00 bits per heavy atom. The van der Waals surface area contributed by atoms with E-state index in [-0.39, 0.29) is 0 Å². The van der Waals surface area contributed by atoms with Crippen molar-refractivity contribution in [3.05, 3.63) is 28.5 Å². The highest BCUT2D eigenvalue weighted by Gasteiger charge is 1.87. The number of carboxylic acids is 1. The molecule has 1 N–H and O–H groups in total. The first-order chi connectivity index (χ1) is 4.79.